The van der Waals surface area contributed by atoms with Gasteiger partial charge in [0.25, 0.3) is 0 Å². The summed E-state index contributed by atoms with van der Waals surface area (Å²) in [6.45, 7) is 0.633. The van der Waals surface area contributed by atoms with E-state index >= 15 is 0 Å². The highest BCUT2D eigenvalue weighted by molar-refractivity contribution is 5.13. The fourth-order valence-electron chi connectivity index (χ4n) is 0.974. The lowest BCUT2D eigenvalue weighted by molar-refractivity contribution is 0.606. The average Bonchev–Trinajstić information content (AvgIpc) is 2.43. The lowest BCUT2D eigenvalue weighted by Crippen LogP contribution is -2.24. The summed E-state index contributed by atoms with van der Waals surface area (Å²) in [5.41, 5.74) is 6.71. The zero-order valence-corrected chi connectivity index (χ0v) is 6.09. The first-order valence-corrected chi connectivity index (χ1v) is 3.38. The Kier molecular flexibility index (Phi) is 2.48. The van der Waals surface area contributed by atoms with E-state index in [0.29, 0.717) is 6.54 Å². The number of nitrogens with one attached hydrogen (secondary N) is 2. The Balaban J connectivity index is 2.64. The van der Waals surface area contributed by atoms with Crippen LogP contribution < -0.4 is 11.1 Å². The molecule has 3 nitrogen and oxygen atoms in total. The van der Waals surface area contributed by atoms with Crippen LogP contribution >= 0.6 is 0 Å². The molecule has 0 aromatic carbocycles. The smallest absolute Gasteiger partial charge is 0.0457 e. The van der Waals surface area contributed by atoms with Gasteiger partial charge in [0.1, 0.15) is 0 Å². The lowest BCUT2D eigenvalue weighted by Gasteiger charge is -2.10. The van der Waals surface area contributed by atoms with Crippen molar-refractivity contribution in [1.82, 2.24) is 10.3 Å². The third-order valence-corrected chi connectivity index (χ3v) is 1.61. The number of H-pyrrole nitrogens is 1. The van der Waals surface area contributed by atoms with Gasteiger partial charge in [0.2, 0.25) is 0 Å². The molecule has 56 valence electrons. The second kappa shape index (κ2) is 3.39. The molecular weight excluding hydrogens is 126 g/mol. The second-order valence-electron chi connectivity index (χ2n) is 2.22. The van der Waals surface area contributed by atoms with Gasteiger partial charge in [-0.1, -0.05) is 0 Å². The summed E-state index contributed by atoms with van der Waals surface area (Å²) in [7, 11) is 1.91. The molecule has 0 aliphatic carbocycles. The van der Waals surface area contributed by atoms with E-state index in [4.69, 9.17) is 5.73 Å². The summed E-state index contributed by atoms with van der Waals surface area (Å²) in [6, 6.07) is 2.31. The molecule has 1 aromatic heterocycles. The fraction of sp³-hybridized carbons (Fsp3) is 0.429. The zero-order valence-electron chi connectivity index (χ0n) is 6.09. The first-order valence-electron chi connectivity index (χ1n) is 3.38. The van der Waals surface area contributed by atoms with Gasteiger partial charge in [-0.25, -0.2) is 0 Å². The van der Waals surface area contributed by atoms with Crippen LogP contribution in [-0.2, 0) is 0 Å². The van der Waals surface area contributed by atoms with Crippen molar-refractivity contribution in [2.75, 3.05) is 13.6 Å². The van der Waals surface area contributed by atoms with Gasteiger partial charge < -0.3 is 16.0 Å². The van der Waals surface area contributed by atoms with E-state index in [1.54, 1.807) is 0 Å². The molecule has 10 heavy (non-hydrogen) atoms. The number of hydrogen-bond donors (Lipinski definition) is 3. The van der Waals surface area contributed by atoms with Crippen LogP contribution in [0.5, 0.6) is 0 Å². The maximum atomic E-state index is 5.50. The van der Waals surface area contributed by atoms with Gasteiger partial charge in [-0.3, -0.25) is 0 Å². The summed E-state index contributed by atoms with van der Waals surface area (Å²) in [6.07, 6.45) is 3.85. The van der Waals surface area contributed by atoms with Crippen molar-refractivity contribution in [2.45, 2.75) is 6.04 Å². The van der Waals surface area contributed by atoms with E-state index < -0.39 is 0 Å². The van der Waals surface area contributed by atoms with Crippen LogP contribution in [0.4, 0.5) is 0 Å². The normalized spacial score (nSPS) is 13.4. The third kappa shape index (κ3) is 1.37. The quantitative estimate of drug-likeness (QED) is 0.561. The van der Waals surface area contributed by atoms with Crippen LogP contribution in [0.3, 0.4) is 0 Å². The number of nitrogens with two attached hydrogens (primary N) is 1. The maximum absolute atomic E-state index is 5.50. The van der Waals surface area contributed by atoms with Crippen molar-refractivity contribution in [3.8, 4) is 0 Å². The number of aromatic amines is 1. The highest BCUT2D eigenvalue weighted by Gasteiger charge is 2.04. The molecule has 1 unspecified atom stereocenters. The van der Waals surface area contributed by atoms with Crippen molar-refractivity contribution in [3.63, 3.8) is 0 Å². The molecule has 0 radical (unpaired) electrons. The van der Waals surface area contributed by atoms with Crippen molar-refractivity contribution < 1.29 is 0 Å². The van der Waals surface area contributed by atoms with Crippen LogP contribution in [0.25, 0.3) is 0 Å². The summed E-state index contributed by atoms with van der Waals surface area (Å²) in [5, 5.41) is 3.11. The monoisotopic (exact) mass is 139 g/mol. The SMILES string of the molecule is CNC(CN)c1cc[nH]c1. The van der Waals surface area contributed by atoms with Crippen LogP contribution in [0.2, 0.25) is 0 Å². The van der Waals surface area contributed by atoms with Gasteiger partial charge >= 0.3 is 0 Å². The van der Waals surface area contributed by atoms with Gasteiger partial charge in [0.05, 0.1) is 0 Å². The van der Waals surface area contributed by atoms with Crippen LogP contribution in [0, 0.1) is 0 Å². The van der Waals surface area contributed by atoms with E-state index in [-0.39, 0.29) is 6.04 Å². The highest BCUT2D eigenvalue weighted by Crippen LogP contribution is 2.08. The molecule has 0 saturated carbocycles. The lowest BCUT2D eigenvalue weighted by atomic mass is 10.1. The molecular formula is C7H13N3. The predicted octanol–water partition coefficient (Wildman–Crippen LogP) is 0.234. The molecule has 0 fully saturated rings. The first kappa shape index (κ1) is 7.31. The zero-order chi connectivity index (χ0) is 7.40. The molecule has 4 N–H and O–H groups in total. The van der Waals surface area contributed by atoms with Gasteiger partial charge in [-0.05, 0) is 18.7 Å². The van der Waals surface area contributed by atoms with Crippen LogP contribution in [0.15, 0.2) is 18.5 Å². The van der Waals surface area contributed by atoms with E-state index in [9.17, 15) is 0 Å². The standard InChI is InChI=1S/C7H13N3/c1-9-7(4-8)6-2-3-10-5-6/h2-3,5,7,9-10H,4,8H2,1H3. The molecule has 1 atom stereocenters. The minimum atomic E-state index is 0.284. The summed E-state index contributed by atoms with van der Waals surface area (Å²) < 4.78 is 0. The predicted molar refractivity (Wildman–Crippen MR) is 41.6 cm³/mol. The van der Waals surface area contributed by atoms with Crippen LogP contribution in [-0.4, -0.2) is 18.6 Å². The second-order valence-corrected chi connectivity index (χ2v) is 2.22. The van der Waals surface area contributed by atoms with E-state index in [1.807, 2.05) is 25.5 Å². The third-order valence-electron chi connectivity index (χ3n) is 1.61. The molecule has 1 rings (SSSR count). The first-order chi connectivity index (χ1) is 4.88. The summed E-state index contributed by atoms with van der Waals surface area (Å²) in [4.78, 5) is 2.98. The summed E-state index contributed by atoms with van der Waals surface area (Å²) in [5.74, 6) is 0. The van der Waals surface area contributed by atoms with Crippen molar-refractivity contribution in [1.29, 1.82) is 0 Å². The Hall–Kier alpha value is -0.800. The molecule has 0 aliphatic rings. The topological polar surface area (TPSA) is 53.8 Å². The Bertz CT molecular complexity index is 165. The van der Waals surface area contributed by atoms with Crippen molar-refractivity contribution in [2.24, 2.45) is 5.73 Å². The molecule has 0 aliphatic heterocycles. The molecule has 0 amide bonds. The summed E-state index contributed by atoms with van der Waals surface area (Å²) >= 11 is 0. The van der Waals surface area contributed by atoms with Gasteiger partial charge in [-0.2, -0.15) is 0 Å². The Morgan fingerprint density at radius 3 is 3.00 bits per heavy atom. The van der Waals surface area contributed by atoms with E-state index in [0.717, 1.165) is 0 Å². The van der Waals surface area contributed by atoms with Gasteiger partial charge in [-0.15, -0.1) is 0 Å². The molecule has 1 aromatic rings. The maximum Gasteiger partial charge on any atom is 0.0457 e. The number of rotatable bonds is 3. The average molecular weight is 139 g/mol. The molecule has 0 spiro atoms. The number of likely N-dealkylation sites (N-methyl/N-ethyl adjacent to an activating group) is 1. The molecule has 1 heterocycles. The minimum absolute atomic E-state index is 0.284. The highest BCUT2D eigenvalue weighted by atomic mass is 14.9. The van der Waals surface area contributed by atoms with Gasteiger partial charge in [0.15, 0.2) is 0 Å². The van der Waals surface area contributed by atoms with Crippen LogP contribution in [0.1, 0.15) is 11.6 Å². The number of hydrogen-bond acceptors (Lipinski definition) is 2. The molecule has 3 heteroatoms. The van der Waals surface area contributed by atoms with E-state index in [2.05, 4.69) is 10.3 Å². The molecule has 0 saturated heterocycles. The Labute approximate surface area is 60.6 Å². The van der Waals surface area contributed by atoms with Crippen molar-refractivity contribution >= 4 is 0 Å². The largest absolute Gasteiger partial charge is 0.367 e. The Morgan fingerprint density at radius 1 is 1.80 bits per heavy atom. The van der Waals surface area contributed by atoms with E-state index in [1.165, 1.54) is 5.56 Å². The number of aromatic nitrogens is 1. The Morgan fingerprint density at radius 2 is 2.60 bits per heavy atom. The fourth-order valence-corrected chi connectivity index (χ4v) is 0.974. The van der Waals surface area contributed by atoms with Crippen molar-refractivity contribution in [3.05, 3.63) is 24.0 Å². The van der Waals surface area contributed by atoms with Gasteiger partial charge in [0, 0.05) is 25.0 Å². The molecule has 0 bridgehead atoms. The minimum Gasteiger partial charge on any atom is -0.367 e.